The highest BCUT2D eigenvalue weighted by molar-refractivity contribution is 6.21. The molecule has 0 bridgehead atoms. The molecule has 1 aromatic rings. The largest absolute Gasteiger partial charge is 0.480 e. The van der Waals surface area contributed by atoms with Gasteiger partial charge in [0.05, 0.1) is 12.5 Å². The molecule has 0 saturated carbocycles. The van der Waals surface area contributed by atoms with Gasteiger partial charge in [0.15, 0.2) is 0 Å². The Bertz CT molecular complexity index is 408. The van der Waals surface area contributed by atoms with E-state index in [0.29, 0.717) is 23.9 Å². The van der Waals surface area contributed by atoms with Crippen molar-refractivity contribution in [1.29, 1.82) is 0 Å². The minimum absolute atomic E-state index is 0.0541. The van der Waals surface area contributed by atoms with Gasteiger partial charge in [0.2, 0.25) is 5.88 Å². The monoisotopic (exact) mass is 284 g/mol. The number of amides is 1. The number of hydrogen-bond acceptors (Lipinski definition) is 3. The van der Waals surface area contributed by atoms with E-state index in [2.05, 4.69) is 24.1 Å². The number of nitrogens with one attached hydrogen (secondary N) is 1. The molecule has 0 aromatic carbocycles. The summed E-state index contributed by atoms with van der Waals surface area (Å²) >= 11 is 6.29. The molecule has 0 fully saturated rings. The molecule has 1 aromatic heterocycles. The van der Waals surface area contributed by atoms with Crippen LogP contribution in [0.25, 0.3) is 0 Å². The van der Waals surface area contributed by atoms with Gasteiger partial charge in [-0.15, -0.1) is 11.6 Å². The highest BCUT2D eigenvalue weighted by Gasteiger charge is 2.18. The van der Waals surface area contributed by atoms with Gasteiger partial charge in [-0.25, -0.2) is 4.98 Å². The molecule has 1 N–H and O–H groups in total. The lowest BCUT2D eigenvalue weighted by Gasteiger charge is -2.19. The molecule has 0 radical (unpaired) electrons. The quantitative estimate of drug-likeness (QED) is 0.783. The maximum atomic E-state index is 12.0. The summed E-state index contributed by atoms with van der Waals surface area (Å²) in [7, 11) is 1.49. The number of hydrogen-bond donors (Lipinski definition) is 1. The van der Waals surface area contributed by atoms with Gasteiger partial charge < -0.3 is 10.1 Å². The minimum Gasteiger partial charge on any atom is -0.480 e. The second kappa shape index (κ2) is 8.00. The predicted molar refractivity (Wildman–Crippen MR) is 76.8 cm³/mol. The van der Waals surface area contributed by atoms with Crippen LogP contribution < -0.4 is 10.1 Å². The Labute approximate surface area is 119 Å². The molecule has 19 heavy (non-hydrogen) atoms. The number of pyridine rings is 1. The van der Waals surface area contributed by atoms with E-state index >= 15 is 0 Å². The van der Waals surface area contributed by atoms with Crippen molar-refractivity contribution in [1.82, 2.24) is 10.3 Å². The van der Waals surface area contributed by atoms with Gasteiger partial charge >= 0.3 is 0 Å². The summed E-state index contributed by atoms with van der Waals surface area (Å²) in [6.45, 7) is 4.66. The molecule has 106 valence electrons. The predicted octanol–water partition coefficient (Wildman–Crippen LogP) is 2.86. The van der Waals surface area contributed by atoms with E-state index in [4.69, 9.17) is 16.3 Å². The number of carbonyl (C=O) groups excluding carboxylic acids is 1. The van der Waals surface area contributed by atoms with E-state index in [1.807, 2.05) is 0 Å². The van der Waals surface area contributed by atoms with Crippen LogP contribution in [0.15, 0.2) is 18.3 Å². The van der Waals surface area contributed by atoms with Gasteiger partial charge in [-0.3, -0.25) is 4.79 Å². The molecule has 1 atom stereocenters. The third-order valence-electron chi connectivity index (χ3n) is 3.23. The minimum atomic E-state index is -0.207. The first-order valence-electron chi connectivity index (χ1n) is 6.55. The van der Waals surface area contributed by atoms with Crippen LogP contribution >= 0.6 is 11.6 Å². The van der Waals surface area contributed by atoms with E-state index in [9.17, 15) is 4.79 Å². The van der Waals surface area contributed by atoms with Crippen LogP contribution in [0.4, 0.5) is 0 Å². The Hall–Kier alpha value is -1.29. The maximum Gasteiger partial charge on any atom is 0.256 e. The molecule has 0 saturated heterocycles. The number of alkyl halides is 1. The van der Waals surface area contributed by atoms with Crippen LogP contribution in [0.3, 0.4) is 0 Å². The maximum absolute atomic E-state index is 12.0. The average Bonchev–Trinajstić information content (AvgIpc) is 2.45. The molecule has 1 rings (SSSR count). The van der Waals surface area contributed by atoms with Crippen molar-refractivity contribution in [3.8, 4) is 5.88 Å². The Kier molecular flexibility index (Phi) is 6.64. The van der Waals surface area contributed by atoms with Gasteiger partial charge in [-0.1, -0.05) is 26.7 Å². The van der Waals surface area contributed by atoms with E-state index in [-0.39, 0.29) is 11.3 Å². The summed E-state index contributed by atoms with van der Waals surface area (Å²) < 4.78 is 5.06. The van der Waals surface area contributed by atoms with Gasteiger partial charge in [0.1, 0.15) is 5.56 Å². The normalized spacial score (nSPS) is 12.3. The summed E-state index contributed by atoms with van der Waals surface area (Å²) in [6, 6.07) is 3.39. The lowest BCUT2D eigenvalue weighted by atomic mass is 9.99. The number of carbonyl (C=O) groups is 1. The number of methoxy groups -OCH3 is 1. The van der Waals surface area contributed by atoms with E-state index in [1.165, 1.54) is 7.11 Å². The third kappa shape index (κ3) is 4.39. The Morgan fingerprint density at radius 1 is 1.47 bits per heavy atom. The third-order valence-corrected chi connectivity index (χ3v) is 3.74. The Balaban J connectivity index is 2.60. The lowest BCUT2D eigenvalue weighted by molar-refractivity contribution is 0.0947. The van der Waals surface area contributed by atoms with Crippen molar-refractivity contribution in [2.24, 2.45) is 5.92 Å². The molecule has 0 aliphatic carbocycles. The number of halogens is 1. The van der Waals surface area contributed by atoms with Gasteiger partial charge in [-0.2, -0.15) is 0 Å². The zero-order chi connectivity index (χ0) is 14.3. The zero-order valence-electron chi connectivity index (χ0n) is 11.6. The molecule has 4 nitrogen and oxygen atoms in total. The zero-order valence-corrected chi connectivity index (χ0v) is 12.4. The second-order valence-electron chi connectivity index (χ2n) is 4.36. The van der Waals surface area contributed by atoms with Crippen LogP contribution in [0.1, 0.15) is 37.0 Å². The highest BCUT2D eigenvalue weighted by Crippen LogP contribution is 2.18. The highest BCUT2D eigenvalue weighted by atomic mass is 35.5. The van der Waals surface area contributed by atoms with Crippen LogP contribution in [-0.2, 0) is 0 Å². The first-order chi connectivity index (χ1) is 9.13. The van der Waals surface area contributed by atoms with Crippen molar-refractivity contribution < 1.29 is 9.53 Å². The molecule has 5 heteroatoms. The van der Waals surface area contributed by atoms with Crippen molar-refractivity contribution >= 4 is 17.5 Å². The van der Waals surface area contributed by atoms with Crippen LogP contribution in [0.2, 0.25) is 0 Å². The molecular weight excluding hydrogens is 264 g/mol. The van der Waals surface area contributed by atoms with E-state index < -0.39 is 0 Å². The van der Waals surface area contributed by atoms with Crippen molar-refractivity contribution in [3.63, 3.8) is 0 Å². The summed E-state index contributed by atoms with van der Waals surface area (Å²) in [5.74, 6) is 0.535. The molecular formula is C14H21ClN2O2. The molecule has 0 aliphatic heterocycles. The summed E-state index contributed by atoms with van der Waals surface area (Å²) in [5.41, 5.74) is 0.429. The second-order valence-corrected chi connectivity index (χ2v) is 4.92. The van der Waals surface area contributed by atoms with Crippen molar-refractivity contribution in [2.75, 3.05) is 13.7 Å². The first kappa shape index (κ1) is 15.8. The van der Waals surface area contributed by atoms with Crippen LogP contribution in [0, 0.1) is 5.92 Å². The number of aromatic nitrogens is 1. The Morgan fingerprint density at radius 3 is 2.74 bits per heavy atom. The molecule has 0 aliphatic rings. The number of nitrogens with zero attached hydrogens (tertiary/aromatic N) is 1. The average molecular weight is 285 g/mol. The van der Waals surface area contributed by atoms with Crippen molar-refractivity contribution in [3.05, 3.63) is 23.9 Å². The fourth-order valence-corrected chi connectivity index (χ4v) is 2.41. The fourth-order valence-electron chi connectivity index (χ4n) is 1.98. The topological polar surface area (TPSA) is 51.2 Å². The van der Waals surface area contributed by atoms with Gasteiger partial charge in [-0.05, 0) is 18.1 Å². The van der Waals surface area contributed by atoms with Gasteiger partial charge in [0.25, 0.3) is 5.91 Å². The lowest BCUT2D eigenvalue weighted by Crippen LogP contribution is -2.33. The molecule has 1 unspecified atom stereocenters. The molecule has 0 spiro atoms. The standard InChI is InChI=1S/C14H21ClN2O2/c1-4-10(5-2)12(15)9-17-13(18)11-7-6-8-16-14(11)19-3/h6-8,10,12H,4-5,9H2,1-3H3,(H,17,18). The number of rotatable bonds is 7. The SMILES string of the molecule is CCC(CC)C(Cl)CNC(=O)c1cccnc1OC. The van der Waals surface area contributed by atoms with E-state index in [0.717, 1.165) is 12.8 Å². The first-order valence-corrected chi connectivity index (χ1v) is 6.98. The van der Waals surface area contributed by atoms with E-state index in [1.54, 1.807) is 18.3 Å². The van der Waals surface area contributed by atoms with Crippen LogP contribution in [0.5, 0.6) is 5.88 Å². The summed E-state index contributed by atoms with van der Waals surface area (Å²) in [4.78, 5) is 16.0. The van der Waals surface area contributed by atoms with Crippen LogP contribution in [-0.4, -0.2) is 29.9 Å². The van der Waals surface area contributed by atoms with Gasteiger partial charge in [0, 0.05) is 12.7 Å². The fraction of sp³-hybridized carbons (Fsp3) is 0.571. The Morgan fingerprint density at radius 2 is 2.16 bits per heavy atom. The smallest absolute Gasteiger partial charge is 0.256 e. The molecule has 1 heterocycles. The molecule has 1 amide bonds. The number of ether oxygens (including phenoxy) is 1. The summed E-state index contributed by atoms with van der Waals surface area (Å²) in [6.07, 6.45) is 3.61. The van der Waals surface area contributed by atoms with Crippen molar-refractivity contribution in [2.45, 2.75) is 32.1 Å². The summed E-state index contributed by atoms with van der Waals surface area (Å²) in [5, 5.41) is 2.78.